The van der Waals surface area contributed by atoms with Crippen LogP contribution in [-0.4, -0.2) is 23.5 Å². The minimum Gasteiger partial charge on any atom is -0.481 e. The summed E-state index contributed by atoms with van der Waals surface area (Å²) in [5, 5.41) is 21.6. The van der Waals surface area contributed by atoms with Gasteiger partial charge < -0.3 is 10.4 Å². The second-order valence-electron chi connectivity index (χ2n) is 7.05. The van der Waals surface area contributed by atoms with Gasteiger partial charge in [-0.05, 0) is 50.9 Å². The van der Waals surface area contributed by atoms with E-state index in [1.807, 2.05) is 25.2 Å². The number of nitrogens with zero attached hydrogens (tertiary/aromatic N) is 1. The van der Waals surface area contributed by atoms with Gasteiger partial charge in [0.1, 0.15) is 0 Å². The van der Waals surface area contributed by atoms with Crippen molar-refractivity contribution in [2.24, 2.45) is 23.7 Å². The Morgan fingerprint density at radius 3 is 2.43 bits per heavy atom. The third-order valence-electron chi connectivity index (χ3n) is 5.05. The van der Waals surface area contributed by atoms with Gasteiger partial charge in [-0.1, -0.05) is 38.0 Å². The molecule has 0 fully saturated rings. The van der Waals surface area contributed by atoms with E-state index in [-0.39, 0.29) is 31.2 Å². The summed E-state index contributed by atoms with van der Waals surface area (Å²) in [7, 11) is 0. The predicted molar refractivity (Wildman–Crippen MR) is 112 cm³/mol. The fourth-order valence-electron chi connectivity index (χ4n) is 3.11. The third kappa shape index (κ3) is 10.6. The van der Waals surface area contributed by atoms with Crippen LogP contribution in [0.4, 0.5) is 0 Å². The van der Waals surface area contributed by atoms with Crippen molar-refractivity contribution in [3.63, 3.8) is 0 Å². The van der Waals surface area contributed by atoms with Crippen LogP contribution in [0.15, 0.2) is 24.8 Å². The first-order chi connectivity index (χ1) is 13.4. The van der Waals surface area contributed by atoms with Crippen LogP contribution in [0, 0.1) is 47.3 Å². The maximum absolute atomic E-state index is 12.1. The van der Waals surface area contributed by atoms with Crippen LogP contribution < -0.4 is 5.32 Å². The average molecular weight is 387 g/mol. The Balaban J connectivity index is 4.71. The Morgan fingerprint density at radius 1 is 1.21 bits per heavy atom. The largest absolute Gasteiger partial charge is 0.481 e. The smallest absolute Gasteiger partial charge is 0.306 e. The lowest BCUT2D eigenvalue weighted by molar-refractivity contribution is -0.143. The van der Waals surface area contributed by atoms with Crippen LogP contribution in [0.3, 0.4) is 0 Å². The van der Waals surface area contributed by atoms with Gasteiger partial charge in [0.05, 0.1) is 24.4 Å². The summed E-state index contributed by atoms with van der Waals surface area (Å²) < 4.78 is 0. The molecule has 0 bridgehead atoms. The molecule has 0 heterocycles. The van der Waals surface area contributed by atoms with Crippen LogP contribution in [0.5, 0.6) is 0 Å². The van der Waals surface area contributed by atoms with E-state index in [4.69, 9.17) is 6.42 Å². The van der Waals surface area contributed by atoms with E-state index >= 15 is 0 Å². The van der Waals surface area contributed by atoms with E-state index < -0.39 is 17.8 Å². The lowest BCUT2D eigenvalue weighted by Crippen LogP contribution is -2.33. The molecule has 0 aliphatic rings. The van der Waals surface area contributed by atoms with Crippen molar-refractivity contribution in [1.82, 2.24) is 5.32 Å². The first-order valence-corrected chi connectivity index (χ1v) is 10.0. The van der Waals surface area contributed by atoms with Crippen molar-refractivity contribution in [3.05, 3.63) is 24.8 Å². The lowest BCUT2D eigenvalue weighted by Gasteiger charge is -2.20. The zero-order chi connectivity index (χ0) is 21.4. The second-order valence-corrected chi connectivity index (χ2v) is 7.05. The standard InChI is InChI=1S/C23H34N2O3/c1-5-14-25-22(26)20(8-4)16-21(23(27)28)15-19(17-24)13-11-9-10-12-18(6-2)7-3/h1,6,9,11,18-21H,2,7-8,10,12-16H2,3-4H3,(H,25,26)(H,27,28)/b11-9+. The van der Waals surface area contributed by atoms with Gasteiger partial charge in [0.15, 0.2) is 0 Å². The van der Waals surface area contributed by atoms with Gasteiger partial charge >= 0.3 is 5.97 Å². The van der Waals surface area contributed by atoms with Crippen LogP contribution in [0.25, 0.3) is 0 Å². The Labute approximate surface area is 169 Å². The molecule has 5 heteroatoms. The van der Waals surface area contributed by atoms with Crippen molar-refractivity contribution in [1.29, 1.82) is 5.26 Å². The number of nitriles is 1. The highest BCUT2D eigenvalue weighted by Crippen LogP contribution is 2.25. The normalized spacial score (nSPS) is 15.0. The zero-order valence-corrected chi connectivity index (χ0v) is 17.2. The average Bonchev–Trinajstić information content (AvgIpc) is 2.70. The van der Waals surface area contributed by atoms with Gasteiger partial charge in [-0.25, -0.2) is 0 Å². The SMILES string of the molecule is C#CCNC(=O)C(CC)CC(CC(C#N)C/C=C/CCC(C=C)CC)C(=O)O. The molecule has 0 saturated heterocycles. The van der Waals surface area contributed by atoms with Gasteiger partial charge in [-0.2, -0.15) is 5.26 Å². The number of carbonyl (C=O) groups excluding carboxylic acids is 1. The van der Waals surface area contributed by atoms with Crippen molar-refractivity contribution >= 4 is 11.9 Å². The number of rotatable bonds is 15. The van der Waals surface area contributed by atoms with Crippen LogP contribution in [0.2, 0.25) is 0 Å². The predicted octanol–water partition coefficient (Wildman–Crippen LogP) is 4.32. The van der Waals surface area contributed by atoms with E-state index in [1.54, 1.807) is 0 Å². The van der Waals surface area contributed by atoms with E-state index in [0.29, 0.717) is 18.8 Å². The molecule has 5 nitrogen and oxygen atoms in total. The highest BCUT2D eigenvalue weighted by Gasteiger charge is 2.28. The van der Waals surface area contributed by atoms with Gasteiger partial charge in [-0.15, -0.1) is 13.0 Å². The molecule has 0 aliphatic heterocycles. The summed E-state index contributed by atoms with van der Waals surface area (Å²) in [5.41, 5.74) is 0. The molecule has 0 spiro atoms. The number of hydrogen-bond donors (Lipinski definition) is 2. The van der Waals surface area contributed by atoms with Crippen molar-refractivity contribution < 1.29 is 14.7 Å². The Hall–Kier alpha value is -2.53. The van der Waals surface area contributed by atoms with Gasteiger partial charge in [-0.3, -0.25) is 9.59 Å². The minimum atomic E-state index is -0.968. The molecule has 0 radical (unpaired) electrons. The number of nitrogens with one attached hydrogen (secondary N) is 1. The molecule has 154 valence electrons. The molecule has 4 unspecified atom stereocenters. The number of amides is 1. The van der Waals surface area contributed by atoms with Gasteiger partial charge in [0.2, 0.25) is 5.91 Å². The van der Waals surface area contributed by atoms with E-state index in [0.717, 1.165) is 19.3 Å². The number of carboxylic acids is 1. The summed E-state index contributed by atoms with van der Waals surface area (Å²) in [5.74, 6) is 0.103. The topological polar surface area (TPSA) is 90.2 Å². The Bertz CT molecular complexity index is 598. The van der Waals surface area contributed by atoms with Crippen molar-refractivity contribution in [2.75, 3.05) is 6.54 Å². The quantitative estimate of drug-likeness (QED) is 0.324. The summed E-state index contributed by atoms with van der Waals surface area (Å²) >= 11 is 0. The fraction of sp³-hybridized carbons (Fsp3) is 0.609. The van der Waals surface area contributed by atoms with Crippen LogP contribution in [0.1, 0.15) is 58.8 Å². The van der Waals surface area contributed by atoms with E-state index in [2.05, 4.69) is 30.8 Å². The molecule has 0 aromatic rings. The molecule has 0 aromatic carbocycles. The maximum Gasteiger partial charge on any atom is 0.306 e. The maximum atomic E-state index is 12.1. The molecule has 0 aromatic heterocycles. The molecule has 1 amide bonds. The fourth-order valence-corrected chi connectivity index (χ4v) is 3.11. The molecule has 4 atom stereocenters. The Kier molecular flexibility index (Phi) is 14.1. The first-order valence-electron chi connectivity index (χ1n) is 10.0. The number of carboxylic acid groups (broad SMARTS) is 1. The summed E-state index contributed by atoms with van der Waals surface area (Å²) in [6, 6.07) is 2.21. The molecule has 0 rings (SSSR count). The van der Waals surface area contributed by atoms with Crippen molar-refractivity contribution in [2.45, 2.75) is 58.8 Å². The Morgan fingerprint density at radius 2 is 1.93 bits per heavy atom. The number of terminal acetylenes is 1. The third-order valence-corrected chi connectivity index (χ3v) is 5.05. The highest BCUT2D eigenvalue weighted by atomic mass is 16.4. The molecule has 0 aliphatic carbocycles. The summed E-state index contributed by atoms with van der Waals surface area (Å²) in [6.07, 6.45) is 15.6. The monoisotopic (exact) mass is 386 g/mol. The summed E-state index contributed by atoms with van der Waals surface area (Å²) in [4.78, 5) is 23.8. The second kappa shape index (κ2) is 15.5. The number of hydrogen-bond acceptors (Lipinski definition) is 3. The first kappa shape index (κ1) is 25.5. The summed E-state index contributed by atoms with van der Waals surface area (Å²) in [6.45, 7) is 7.92. The minimum absolute atomic E-state index is 0.128. The molecule has 0 saturated carbocycles. The van der Waals surface area contributed by atoms with E-state index in [1.165, 1.54) is 0 Å². The van der Waals surface area contributed by atoms with E-state index in [9.17, 15) is 20.0 Å². The molecular formula is C23H34N2O3. The van der Waals surface area contributed by atoms with Gasteiger partial charge in [0, 0.05) is 5.92 Å². The number of allylic oxidation sites excluding steroid dienone is 3. The van der Waals surface area contributed by atoms with Crippen LogP contribution >= 0.6 is 0 Å². The molecule has 2 N–H and O–H groups in total. The van der Waals surface area contributed by atoms with Crippen LogP contribution in [-0.2, 0) is 9.59 Å². The molecule has 28 heavy (non-hydrogen) atoms. The van der Waals surface area contributed by atoms with Gasteiger partial charge in [0.25, 0.3) is 0 Å². The zero-order valence-electron chi connectivity index (χ0n) is 17.2. The molecular weight excluding hydrogens is 352 g/mol. The van der Waals surface area contributed by atoms with Crippen molar-refractivity contribution in [3.8, 4) is 18.4 Å². The lowest BCUT2D eigenvalue weighted by atomic mass is 9.84. The highest BCUT2D eigenvalue weighted by molar-refractivity contribution is 5.80. The number of carbonyl (C=O) groups is 2. The number of aliphatic carboxylic acids is 1.